The zero-order valence-corrected chi connectivity index (χ0v) is 66.8. The number of rotatable bonds is 77. The standard InChI is InChI=1S/C90H158NO8P/c1-6-8-10-12-14-16-18-20-22-24-26-28-30-32-34-36-38-40-42-44-45-47-49-51-53-55-57-59-61-63-65-67-69-71-73-75-77-79-81-83-90(93)99-88(87-98-100(94,95)97-85-84-91(3,4)5)86-96-89(92)82-80-78-76-74-72-70-68-66-64-62-60-58-56-54-52-50-48-46-43-41-39-37-35-33-31-29-27-25-23-21-19-17-15-13-11-9-7-2/h8-11,14-17,20-23,26-29,32,34,38,40,44-45,88H,6-7,12-13,18-19,24-25,30-31,33,35-37,39,41-43,46-87H2,1-5H3/b10-8-,11-9-,16-14-,17-15-,22-20-,23-21-,28-26-,29-27-,34-32-,40-38-,45-44-. The van der Waals surface area contributed by atoms with Gasteiger partial charge in [-0.05, 0) is 109 Å². The van der Waals surface area contributed by atoms with Crippen LogP contribution in [0.15, 0.2) is 134 Å². The molecule has 10 heteroatoms. The molecule has 0 aromatic rings. The van der Waals surface area contributed by atoms with Crippen LogP contribution in [-0.2, 0) is 32.7 Å². The molecule has 576 valence electrons. The van der Waals surface area contributed by atoms with E-state index in [1.54, 1.807) is 0 Å². The minimum Gasteiger partial charge on any atom is -0.756 e. The summed E-state index contributed by atoms with van der Waals surface area (Å²) >= 11 is 0. The lowest BCUT2D eigenvalue weighted by molar-refractivity contribution is -0.870. The number of hydrogen-bond donors (Lipinski definition) is 0. The molecule has 0 rings (SSSR count). The molecule has 2 atom stereocenters. The molecule has 0 N–H and O–H groups in total. The fraction of sp³-hybridized carbons (Fsp3) is 0.733. The maximum Gasteiger partial charge on any atom is 0.306 e. The van der Waals surface area contributed by atoms with E-state index >= 15 is 0 Å². The maximum atomic E-state index is 12.9. The number of hydrogen-bond acceptors (Lipinski definition) is 8. The van der Waals surface area contributed by atoms with Crippen molar-refractivity contribution >= 4 is 19.8 Å². The SMILES string of the molecule is CC/C=C\C/C=C\C/C=C\C/C=C\C/C=C\C/C=C\C/C=C\CCCCCCCCCCCCCCCCCCCC(=O)OC(COC(=O)CCCCCCCCCCCCCCCCCCCCCCCCCC/C=C\C/C=C\C/C=C\C/C=C\CC)COP(=O)([O-])OCC[N+](C)(C)C. The molecule has 0 saturated heterocycles. The average molecular weight is 1410 g/mol. The number of nitrogens with zero attached hydrogens (tertiary/aromatic N) is 1. The van der Waals surface area contributed by atoms with Gasteiger partial charge in [0.2, 0.25) is 0 Å². The number of likely N-dealkylation sites (N-methyl/N-ethyl adjacent to an activating group) is 1. The first-order valence-electron chi connectivity index (χ1n) is 41.9. The lowest BCUT2D eigenvalue weighted by atomic mass is 10.0. The van der Waals surface area contributed by atoms with Crippen LogP contribution in [0.25, 0.3) is 0 Å². The Kier molecular flexibility index (Phi) is 76.2. The minimum atomic E-state index is -4.65. The molecule has 0 spiro atoms. The van der Waals surface area contributed by atoms with Gasteiger partial charge in [0.05, 0.1) is 27.7 Å². The molecule has 2 unspecified atom stereocenters. The summed E-state index contributed by atoms with van der Waals surface area (Å²) in [5.41, 5.74) is 0. The van der Waals surface area contributed by atoms with Crippen molar-refractivity contribution in [3.05, 3.63) is 134 Å². The van der Waals surface area contributed by atoms with E-state index in [0.717, 1.165) is 109 Å². The second kappa shape index (κ2) is 79.3. The van der Waals surface area contributed by atoms with Gasteiger partial charge in [0, 0.05) is 12.8 Å². The summed E-state index contributed by atoms with van der Waals surface area (Å²) in [6.07, 6.45) is 116. The summed E-state index contributed by atoms with van der Waals surface area (Å²) in [5, 5.41) is 0. The molecule has 0 aromatic carbocycles. The number of quaternary nitrogens is 1. The highest BCUT2D eigenvalue weighted by Gasteiger charge is 2.22. The van der Waals surface area contributed by atoms with Gasteiger partial charge >= 0.3 is 11.9 Å². The average Bonchev–Trinajstić information content (AvgIpc) is 1.07. The van der Waals surface area contributed by atoms with Gasteiger partial charge in [0.15, 0.2) is 6.10 Å². The van der Waals surface area contributed by atoms with Gasteiger partial charge in [-0.3, -0.25) is 14.2 Å². The normalized spacial score (nSPS) is 13.7. The van der Waals surface area contributed by atoms with E-state index in [1.807, 2.05) is 21.1 Å². The van der Waals surface area contributed by atoms with Crippen molar-refractivity contribution in [3.63, 3.8) is 0 Å². The Balaban J connectivity index is 3.93. The van der Waals surface area contributed by atoms with Crippen LogP contribution in [0.1, 0.15) is 373 Å². The largest absolute Gasteiger partial charge is 0.756 e. The van der Waals surface area contributed by atoms with E-state index in [2.05, 4.69) is 148 Å². The summed E-state index contributed by atoms with van der Waals surface area (Å²) in [4.78, 5) is 38.2. The molecule has 0 amide bonds. The van der Waals surface area contributed by atoms with E-state index in [4.69, 9.17) is 18.5 Å². The van der Waals surface area contributed by atoms with Gasteiger partial charge in [-0.15, -0.1) is 0 Å². The summed E-state index contributed by atoms with van der Waals surface area (Å²) in [6.45, 7) is 4.06. The van der Waals surface area contributed by atoms with Crippen LogP contribution in [0.2, 0.25) is 0 Å². The van der Waals surface area contributed by atoms with E-state index in [1.165, 1.54) is 231 Å². The number of esters is 2. The monoisotopic (exact) mass is 1410 g/mol. The molecule has 100 heavy (non-hydrogen) atoms. The molecule has 0 saturated carbocycles. The molecule has 0 aliphatic heterocycles. The summed E-state index contributed by atoms with van der Waals surface area (Å²) in [5.74, 6) is -0.819. The highest BCUT2D eigenvalue weighted by molar-refractivity contribution is 7.45. The quantitative estimate of drug-likeness (QED) is 0.0195. The van der Waals surface area contributed by atoms with Crippen LogP contribution >= 0.6 is 7.82 Å². The van der Waals surface area contributed by atoms with Crippen molar-refractivity contribution in [1.82, 2.24) is 0 Å². The van der Waals surface area contributed by atoms with Crippen LogP contribution in [0.3, 0.4) is 0 Å². The molecule has 0 fully saturated rings. The lowest BCUT2D eigenvalue weighted by Gasteiger charge is -2.28. The van der Waals surface area contributed by atoms with Crippen molar-refractivity contribution in [3.8, 4) is 0 Å². The highest BCUT2D eigenvalue weighted by atomic mass is 31.2. The molecule has 0 aromatic heterocycles. The van der Waals surface area contributed by atoms with Gasteiger partial charge < -0.3 is 27.9 Å². The smallest absolute Gasteiger partial charge is 0.306 e. The Bertz CT molecular complexity index is 2160. The Morgan fingerprint density at radius 3 is 0.800 bits per heavy atom. The fourth-order valence-electron chi connectivity index (χ4n) is 11.9. The van der Waals surface area contributed by atoms with Gasteiger partial charge in [-0.25, -0.2) is 0 Å². The first kappa shape index (κ1) is 96.2. The zero-order valence-electron chi connectivity index (χ0n) is 65.9. The molecule has 0 bridgehead atoms. The van der Waals surface area contributed by atoms with Gasteiger partial charge in [-0.1, -0.05) is 385 Å². The second-order valence-corrected chi connectivity index (χ2v) is 30.5. The van der Waals surface area contributed by atoms with Crippen LogP contribution in [-0.4, -0.2) is 70.0 Å². The van der Waals surface area contributed by atoms with Crippen molar-refractivity contribution in [2.45, 2.75) is 380 Å². The molecule has 9 nitrogen and oxygen atoms in total. The third-order valence-corrected chi connectivity index (χ3v) is 19.1. The summed E-state index contributed by atoms with van der Waals surface area (Å²) in [6, 6.07) is 0. The predicted octanol–water partition coefficient (Wildman–Crippen LogP) is 27.7. The van der Waals surface area contributed by atoms with E-state index in [-0.39, 0.29) is 32.0 Å². The van der Waals surface area contributed by atoms with Gasteiger partial charge in [0.1, 0.15) is 19.8 Å². The Labute approximate surface area is 619 Å². The maximum absolute atomic E-state index is 12.9. The molecule has 0 aliphatic rings. The van der Waals surface area contributed by atoms with Crippen molar-refractivity contribution < 1.29 is 42.1 Å². The Morgan fingerprint density at radius 1 is 0.310 bits per heavy atom. The first-order valence-corrected chi connectivity index (χ1v) is 43.4. The third kappa shape index (κ3) is 83.1. The number of carbonyl (C=O) groups excluding carboxylic acids is 2. The highest BCUT2D eigenvalue weighted by Crippen LogP contribution is 2.38. The Hall–Kier alpha value is -3.85. The van der Waals surface area contributed by atoms with Crippen LogP contribution in [0.4, 0.5) is 0 Å². The Morgan fingerprint density at radius 2 is 0.540 bits per heavy atom. The van der Waals surface area contributed by atoms with Crippen LogP contribution in [0, 0.1) is 0 Å². The molecule has 0 radical (unpaired) electrons. The van der Waals surface area contributed by atoms with Gasteiger partial charge in [-0.2, -0.15) is 0 Å². The number of phosphoric acid groups is 1. The lowest BCUT2D eigenvalue weighted by Crippen LogP contribution is -2.37. The van der Waals surface area contributed by atoms with E-state index < -0.39 is 26.5 Å². The molecular weight excluding hydrogens is 1250 g/mol. The zero-order chi connectivity index (χ0) is 72.5. The second-order valence-electron chi connectivity index (χ2n) is 29.1. The third-order valence-electron chi connectivity index (χ3n) is 18.2. The van der Waals surface area contributed by atoms with Crippen molar-refractivity contribution in [1.29, 1.82) is 0 Å². The number of allylic oxidation sites excluding steroid dienone is 22. The minimum absolute atomic E-state index is 0.0323. The first-order chi connectivity index (χ1) is 49.0. The number of unbranched alkanes of at least 4 members (excludes halogenated alkanes) is 41. The van der Waals surface area contributed by atoms with E-state index in [0.29, 0.717) is 17.4 Å². The topological polar surface area (TPSA) is 111 Å². The predicted molar refractivity (Wildman–Crippen MR) is 434 cm³/mol. The number of phosphoric ester groups is 1. The van der Waals surface area contributed by atoms with Gasteiger partial charge in [0.25, 0.3) is 7.82 Å². The van der Waals surface area contributed by atoms with Crippen LogP contribution in [0.5, 0.6) is 0 Å². The van der Waals surface area contributed by atoms with Crippen molar-refractivity contribution in [2.75, 3.05) is 47.5 Å². The van der Waals surface area contributed by atoms with Crippen molar-refractivity contribution in [2.24, 2.45) is 0 Å². The number of carbonyl (C=O) groups is 2. The molecule has 0 heterocycles. The summed E-state index contributed by atoms with van der Waals surface area (Å²) < 4.78 is 34.5. The fourth-order valence-corrected chi connectivity index (χ4v) is 12.6. The molecular formula is C90H158NO8P. The van der Waals surface area contributed by atoms with E-state index in [9.17, 15) is 19.0 Å². The number of ether oxygens (including phenoxy) is 2. The molecule has 0 aliphatic carbocycles. The summed E-state index contributed by atoms with van der Waals surface area (Å²) in [7, 11) is 1.17. The van der Waals surface area contributed by atoms with Crippen LogP contribution < -0.4 is 4.89 Å².